The second-order valence-electron chi connectivity index (χ2n) is 7.91. The van der Waals surface area contributed by atoms with E-state index >= 15 is 0 Å². The predicted octanol–water partition coefficient (Wildman–Crippen LogP) is 3.53. The van der Waals surface area contributed by atoms with Gasteiger partial charge in [-0.25, -0.2) is 8.42 Å². The van der Waals surface area contributed by atoms with Gasteiger partial charge in [0.15, 0.2) is 6.61 Å². The van der Waals surface area contributed by atoms with E-state index < -0.39 is 28.5 Å². The number of sulfonamides is 1. The molecule has 2 aromatic carbocycles. The molecule has 182 valence electrons. The highest BCUT2D eigenvalue weighted by Crippen LogP contribution is 2.22. The van der Waals surface area contributed by atoms with E-state index in [0.29, 0.717) is 36.7 Å². The van der Waals surface area contributed by atoms with Crippen LogP contribution in [0.4, 0.5) is 5.69 Å². The summed E-state index contributed by atoms with van der Waals surface area (Å²) in [5, 5.41) is 2.54. The molecular formula is C25H25N3O6S. The van der Waals surface area contributed by atoms with Crippen LogP contribution in [0.5, 0.6) is 0 Å². The summed E-state index contributed by atoms with van der Waals surface area (Å²) < 4.78 is 38.3. The van der Waals surface area contributed by atoms with Crippen molar-refractivity contribution in [2.75, 3.05) is 18.5 Å². The zero-order valence-corrected chi connectivity index (χ0v) is 19.7. The number of aryl methyl sites for hydroxylation is 1. The number of amidine groups is 1. The lowest BCUT2D eigenvalue weighted by Crippen LogP contribution is -2.29. The van der Waals surface area contributed by atoms with Gasteiger partial charge in [-0.05, 0) is 36.8 Å². The number of benzene rings is 2. The van der Waals surface area contributed by atoms with Crippen LogP contribution in [-0.2, 0) is 30.8 Å². The van der Waals surface area contributed by atoms with E-state index in [1.54, 1.807) is 12.1 Å². The molecule has 0 atom stereocenters. The number of carbonyl (C=O) groups is 2. The molecule has 4 rings (SSSR count). The van der Waals surface area contributed by atoms with E-state index in [2.05, 4.69) is 15.0 Å². The van der Waals surface area contributed by atoms with Crippen molar-refractivity contribution in [3.05, 3.63) is 72.5 Å². The third kappa shape index (κ3) is 6.80. The fourth-order valence-corrected chi connectivity index (χ4v) is 4.62. The van der Waals surface area contributed by atoms with E-state index in [1.807, 2.05) is 36.4 Å². The predicted molar refractivity (Wildman–Crippen MR) is 130 cm³/mol. The van der Waals surface area contributed by atoms with E-state index in [-0.39, 0.29) is 17.0 Å². The number of anilines is 1. The maximum absolute atomic E-state index is 12.5. The lowest BCUT2D eigenvalue weighted by Gasteiger charge is -2.10. The summed E-state index contributed by atoms with van der Waals surface area (Å²) in [7, 11) is -3.80. The second kappa shape index (κ2) is 11.0. The zero-order valence-electron chi connectivity index (χ0n) is 18.9. The molecule has 0 fully saturated rings. The molecule has 35 heavy (non-hydrogen) atoms. The SMILES string of the molecule is O=C(COC(=O)CCc1ccc(-c2ccccc2)o1)Nc1cccc(S(=O)(=O)NC2=NCCC2)c1. The number of nitrogens with one attached hydrogen (secondary N) is 2. The first-order valence-electron chi connectivity index (χ1n) is 11.1. The van der Waals surface area contributed by atoms with Crippen LogP contribution in [0, 0.1) is 0 Å². The third-order valence-electron chi connectivity index (χ3n) is 5.21. The molecule has 2 heterocycles. The molecule has 0 aliphatic carbocycles. The first-order chi connectivity index (χ1) is 16.9. The van der Waals surface area contributed by atoms with Crippen LogP contribution in [0.3, 0.4) is 0 Å². The van der Waals surface area contributed by atoms with E-state index in [9.17, 15) is 18.0 Å². The van der Waals surface area contributed by atoms with Crippen molar-refractivity contribution in [1.29, 1.82) is 0 Å². The van der Waals surface area contributed by atoms with Gasteiger partial charge in [-0.3, -0.25) is 19.3 Å². The third-order valence-corrected chi connectivity index (χ3v) is 6.59. The minimum Gasteiger partial charge on any atom is -0.461 e. The molecule has 3 aromatic rings. The summed E-state index contributed by atoms with van der Waals surface area (Å²) in [6, 6.07) is 19.1. The van der Waals surface area contributed by atoms with Crippen molar-refractivity contribution >= 4 is 33.4 Å². The highest BCUT2D eigenvalue weighted by molar-refractivity contribution is 7.90. The monoisotopic (exact) mass is 495 g/mol. The molecule has 10 heteroatoms. The molecule has 1 aliphatic heterocycles. The first-order valence-corrected chi connectivity index (χ1v) is 12.6. The number of furan rings is 1. The van der Waals surface area contributed by atoms with Crippen LogP contribution in [0.15, 0.2) is 81.0 Å². The highest BCUT2D eigenvalue weighted by atomic mass is 32.2. The van der Waals surface area contributed by atoms with Gasteiger partial charge in [-0.1, -0.05) is 36.4 Å². The molecule has 0 radical (unpaired) electrons. The van der Waals surface area contributed by atoms with Gasteiger partial charge in [-0.15, -0.1) is 0 Å². The smallest absolute Gasteiger partial charge is 0.306 e. The van der Waals surface area contributed by atoms with Crippen LogP contribution in [0.1, 0.15) is 25.0 Å². The Labute approximate surface area is 203 Å². The summed E-state index contributed by atoms with van der Waals surface area (Å²) in [5.74, 6) is 0.655. The Bertz CT molecular complexity index is 1330. The Morgan fingerprint density at radius 2 is 1.86 bits per heavy atom. The van der Waals surface area contributed by atoms with Crippen LogP contribution < -0.4 is 10.0 Å². The summed E-state index contributed by atoms with van der Waals surface area (Å²) in [5.41, 5.74) is 1.21. The average molecular weight is 496 g/mol. The number of aliphatic imine (C=N–C) groups is 1. The second-order valence-corrected chi connectivity index (χ2v) is 9.59. The molecule has 0 unspecified atom stereocenters. The van der Waals surface area contributed by atoms with E-state index in [0.717, 1.165) is 12.0 Å². The number of esters is 1. The van der Waals surface area contributed by atoms with Crippen LogP contribution >= 0.6 is 0 Å². The Morgan fingerprint density at radius 3 is 2.63 bits per heavy atom. The molecule has 0 saturated carbocycles. The lowest BCUT2D eigenvalue weighted by atomic mass is 10.2. The lowest BCUT2D eigenvalue weighted by molar-refractivity contribution is -0.147. The maximum atomic E-state index is 12.5. The number of hydrogen-bond acceptors (Lipinski definition) is 7. The number of rotatable bonds is 9. The quantitative estimate of drug-likeness (QED) is 0.437. The molecule has 1 amide bonds. The van der Waals surface area contributed by atoms with Gasteiger partial charge >= 0.3 is 5.97 Å². The number of carbonyl (C=O) groups excluding carboxylic acids is 2. The van der Waals surface area contributed by atoms with Gasteiger partial charge in [0.2, 0.25) is 0 Å². The average Bonchev–Trinajstić information content (AvgIpc) is 3.54. The Balaban J connectivity index is 1.24. The van der Waals surface area contributed by atoms with Crippen LogP contribution in [0.25, 0.3) is 11.3 Å². The molecule has 0 saturated heterocycles. The van der Waals surface area contributed by atoms with Gasteiger partial charge in [0.25, 0.3) is 15.9 Å². The molecule has 9 nitrogen and oxygen atoms in total. The molecule has 1 aliphatic rings. The fourth-order valence-electron chi connectivity index (χ4n) is 3.49. The standard InChI is InChI=1S/C25H25N3O6S/c29-24(27-19-8-4-9-21(16-19)35(31,32)28-23-10-5-15-26-23)17-33-25(30)14-12-20-11-13-22(34-20)18-6-2-1-3-7-18/h1-4,6-9,11,13,16H,5,10,12,14-15,17H2,(H,26,28)(H,27,29). The Kier molecular flexibility index (Phi) is 7.61. The Morgan fingerprint density at radius 1 is 1.03 bits per heavy atom. The summed E-state index contributed by atoms with van der Waals surface area (Å²) in [4.78, 5) is 28.4. The van der Waals surface area contributed by atoms with E-state index in [1.165, 1.54) is 18.2 Å². The summed E-state index contributed by atoms with van der Waals surface area (Å²) >= 11 is 0. The van der Waals surface area contributed by atoms with Gasteiger partial charge in [0.05, 0.1) is 11.3 Å². The van der Waals surface area contributed by atoms with Crippen molar-refractivity contribution in [1.82, 2.24) is 4.72 Å². The first kappa shape index (κ1) is 24.2. The summed E-state index contributed by atoms with van der Waals surface area (Å²) in [6.45, 7) is 0.112. The number of ether oxygens (including phenoxy) is 1. The molecular weight excluding hydrogens is 470 g/mol. The van der Waals surface area contributed by atoms with Gasteiger partial charge in [-0.2, -0.15) is 0 Å². The maximum Gasteiger partial charge on any atom is 0.306 e. The highest BCUT2D eigenvalue weighted by Gasteiger charge is 2.19. The van der Waals surface area contributed by atoms with Crippen LogP contribution in [-0.4, -0.2) is 39.3 Å². The van der Waals surface area contributed by atoms with Crippen molar-refractivity contribution in [3.8, 4) is 11.3 Å². The normalized spacial score (nSPS) is 13.2. The largest absolute Gasteiger partial charge is 0.461 e. The van der Waals surface area contributed by atoms with Gasteiger partial charge < -0.3 is 14.5 Å². The minimum absolute atomic E-state index is 0.00443. The van der Waals surface area contributed by atoms with Crippen molar-refractivity contribution in [2.24, 2.45) is 4.99 Å². The number of amides is 1. The van der Waals surface area contributed by atoms with Gasteiger partial charge in [0.1, 0.15) is 17.4 Å². The topological polar surface area (TPSA) is 127 Å². The summed E-state index contributed by atoms with van der Waals surface area (Å²) in [6.07, 6.45) is 1.78. The Hall–Kier alpha value is -3.92. The molecule has 0 bridgehead atoms. The van der Waals surface area contributed by atoms with Crippen molar-refractivity contribution < 1.29 is 27.2 Å². The zero-order chi connectivity index (χ0) is 24.7. The molecule has 0 spiro atoms. The number of hydrogen-bond donors (Lipinski definition) is 2. The van der Waals surface area contributed by atoms with Crippen molar-refractivity contribution in [3.63, 3.8) is 0 Å². The number of nitrogens with zero attached hydrogens (tertiary/aromatic N) is 1. The van der Waals surface area contributed by atoms with Crippen molar-refractivity contribution in [2.45, 2.75) is 30.6 Å². The minimum atomic E-state index is -3.80. The molecule has 1 aromatic heterocycles. The van der Waals surface area contributed by atoms with Crippen LogP contribution in [0.2, 0.25) is 0 Å². The molecule has 2 N–H and O–H groups in total. The van der Waals surface area contributed by atoms with E-state index in [4.69, 9.17) is 9.15 Å². The fraction of sp³-hybridized carbons (Fsp3) is 0.240. The van der Waals surface area contributed by atoms with Gasteiger partial charge in [0, 0.05) is 30.6 Å².